The number of ether oxygens (including phenoxy) is 3. The van der Waals surface area contributed by atoms with Crippen LogP contribution in [0.4, 0.5) is 4.39 Å². The molecule has 0 aromatic heterocycles. The summed E-state index contributed by atoms with van der Waals surface area (Å²) in [7, 11) is 1.41. The Morgan fingerprint density at radius 2 is 1.97 bits per heavy atom. The molecule has 5 atom stereocenters. The van der Waals surface area contributed by atoms with Crippen LogP contribution in [0.5, 0.6) is 5.75 Å². The molecule has 192 valence electrons. The molecular formula is C30H35FO5. The van der Waals surface area contributed by atoms with Gasteiger partial charge in [0.2, 0.25) is 0 Å². The molecule has 1 saturated carbocycles. The van der Waals surface area contributed by atoms with E-state index in [9.17, 15) is 14.3 Å². The number of allylic oxidation sites excluding steroid dienone is 2. The predicted molar refractivity (Wildman–Crippen MR) is 136 cm³/mol. The van der Waals surface area contributed by atoms with E-state index in [1.54, 1.807) is 0 Å². The SMILES string of the molecule is COC(=O)CCC/C=C\C[C@@H]1[C@@H](/C=C/[C@@H](O)COc2ccccc2)[C@H]2C[C@]1(c1ccc(F)cc1)CO2. The third-order valence-electron chi connectivity index (χ3n) is 7.40. The van der Waals surface area contributed by atoms with E-state index in [1.807, 2.05) is 48.5 Å². The first-order chi connectivity index (χ1) is 17.5. The van der Waals surface area contributed by atoms with E-state index in [2.05, 4.69) is 18.2 Å². The second kappa shape index (κ2) is 12.3. The number of unbranched alkanes of at least 4 members (excludes halogenated alkanes) is 1. The highest BCUT2D eigenvalue weighted by Gasteiger charge is 2.58. The van der Waals surface area contributed by atoms with Gasteiger partial charge in [-0.15, -0.1) is 0 Å². The van der Waals surface area contributed by atoms with E-state index < -0.39 is 6.10 Å². The van der Waals surface area contributed by atoms with Crippen molar-refractivity contribution in [2.45, 2.75) is 49.7 Å². The third-order valence-corrected chi connectivity index (χ3v) is 7.40. The maximum absolute atomic E-state index is 13.7. The van der Waals surface area contributed by atoms with Gasteiger partial charge in [0.05, 0.1) is 19.8 Å². The molecule has 2 aliphatic rings. The number of esters is 1. The number of para-hydroxylation sites is 1. The lowest BCUT2D eigenvalue weighted by molar-refractivity contribution is -0.140. The molecule has 1 aliphatic heterocycles. The molecule has 2 fully saturated rings. The van der Waals surface area contributed by atoms with E-state index in [0.29, 0.717) is 13.0 Å². The minimum Gasteiger partial charge on any atom is -0.491 e. The molecule has 0 unspecified atom stereocenters. The number of methoxy groups -OCH3 is 1. The van der Waals surface area contributed by atoms with Crippen molar-refractivity contribution in [3.63, 3.8) is 0 Å². The highest BCUT2D eigenvalue weighted by molar-refractivity contribution is 5.69. The molecule has 0 amide bonds. The van der Waals surface area contributed by atoms with Crippen molar-refractivity contribution >= 4 is 5.97 Å². The number of benzene rings is 2. The normalized spacial score (nSPS) is 26.0. The van der Waals surface area contributed by atoms with Gasteiger partial charge >= 0.3 is 5.97 Å². The lowest BCUT2D eigenvalue weighted by Gasteiger charge is -2.38. The monoisotopic (exact) mass is 494 g/mol. The van der Waals surface area contributed by atoms with Gasteiger partial charge in [-0.05, 0) is 61.4 Å². The molecule has 2 aromatic carbocycles. The molecule has 2 bridgehead atoms. The quantitative estimate of drug-likeness (QED) is 0.244. The van der Waals surface area contributed by atoms with Crippen molar-refractivity contribution in [3.05, 3.63) is 90.3 Å². The summed E-state index contributed by atoms with van der Waals surface area (Å²) in [6, 6.07) is 16.2. The number of fused-ring (bicyclic) bond motifs is 2. The maximum Gasteiger partial charge on any atom is 0.305 e. The smallest absolute Gasteiger partial charge is 0.305 e. The second-order valence-electron chi connectivity index (χ2n) is 9.65. The molecular weight excluding hydrogens is 459 g/mol. The molecule has 36 heavy (non-hydrogen) atoms. The Bertz CT molecular complexity index is 1040. The fourth-order valence-electron chi connectivity index (χ4n) is 5.54. The highest BCUT2D eigenvalue weighted by Crippen LogP contribution is 2.57. The van der Waals surface area contributed by atoms with Gasteiger partial charge in [-0.2, -0.15) is 0 Å². The zero-order chi connectivity index (χ0) is 25.4. The molecule has 1 saturated heterocycles. The number of aliphatic hydroxyl groups excluding tert-OH is 1. The van der Waals surface area contributed by atoms with Crippen molar-refractivity contribution in [3.8, 4) is 5.75 Å². The van der Waals surface area contributed by atoms with Gasteiger partial charge in [-0.25, -0.2) is 4.39 Å². The fraction of sp³-hybridized carbons (Fsp3) is 0.433. The first-order valence-corrected chi connectivity index (χ1v) is 12.7. The summed E-state index contributed by atoms with van der Waals surface area (Å²) >= 11 is 0. The molecule has 2 aromatic rings. The summed E-state index contributed by atoms with van der Waals surface area (Å²) in [6.07, 6.45) is 11.2. The largest absolute Gasteiger partial charge is 0.491 e. The Labute approximate surface area is 212 Å². The van der Waals surface area contributed by atoms with Crippen molar-refractivity contribution in [2.24, 2.45) is 11.8 Å². The number of aliphatic hydroxyl groups is 1. The van der Waals surface area contributed by atoms with E-state index in [-0.39, 0.29) is 41.7 Å². The summed E-state index contributed by atoms with van der Waals surface area (Å²) in [5.74, 6) is 0.651. The average Bonchev–Trinajstić information content (AvgIpc) is 3.47. The molecule has 4 rings (SSSR count). The first kappa shape index (κ1) is 26.1. The van der Waals surface area contributed by atoms with Gasteiger partial charge in [0.25, 0.3) is 0 Å². The van der Waals surface area contributed by atoms with Crippen molar-refractivity contribution in [2.75, 3.05) is 20.3 Å². The van der Waals surface area contributed by atoms with Crippen LogP contribution in [0.3, 0.4) is 0 Å². The topological polar surface area (TPSA) is 65.0 Å². The third kappa shape index (κ3) is 6.23. The van der Waals surface area contributed by atoms with E-state index >= 15 is 0 Å². The summed E-state index contributed by atoms with van der Waals surface area (Å²) in [5, 5.41) is 10.5. The summed E-state index contributed by atoms with van der Waals surface area (Å²) in [6.45, 7) is 0.779. The number of halogens is 1. The van der Waals surface area contributed by atoms with Crippen LogP contribution in [-0.4, -0.2) is 43.6 Å². The minimum atomic E-state index is -0.736. The van der Waals surface area contributed by atoms with Gasteiger partial charge in [0.15, 0.2) is 0 Å². The van der Waals surface area contributed by atoms with Gasteiger partial charge in [0.1, 0.15) is 24.3 Å². The van der Waals surface area contributed by atoms with E-state index in [4.69, 9.17) is 14.2 Å². The molecule has 1 heterocycles. The highest BCUT2D eigenvalue weighted by atomic mass is 19.1. The van der Waals surface area contributed by atoms with Crippen LogP contribution in [-0.2, 0) is 19.7 Å². The summed E-state index contributed by atoms with van der Waals surface area (Å²) in [5.41, 5.74) is 0.897. The van der Waals surface area contributed by atoms with E-state index in [1.165, 1.54) is 19.2 Å². The van der Waals surface area contributed by atoms with E-state index in [0.717, 1.165) is 37.0 Å². The zero-order valence-electron chi connectivity index (χ0n) is 20.7. The van der Waals surface area contributed by atoms with Crippen LogP contribution in [0.2, 0.25) is 0 Å². The number of rotatable bonds is 12. The Hall–Kier alpha value is -2.96. The van der Waals surface area contributed by atoms with Crippen LogP contribution >= 0.6 is 0 Å². The molecule has 1 N–H and O–H groups in total. The van der Waals surface area contributed by atoms with Gasteiger partial charge < -0.3 is 19.3 Å². The molecule has 0 spiro atoms. The Balaban J connectivity index is 1.45. The Kier molecular flexibility index (Phi) is 8.94. The van der Waals surface area contributed by atoms with Crippen LogP contribution in [0.15, 0.2) is 78.9 Å². The van der Waals surface area contributed by atoms with Crippen LogP contribution < -0.4 is 4.74 Å². The summed E-state index contributed by atoms with van der Waals surface area (Å²) in [4.78, 5) is 11.3. The number of carbonyl (C=O) groups excluding carboxylic acids is 1. The van der Waals surface area contributed by atoms with Crippen LogP contribution in [0.25, 0.3) is 0 Å². The lowest BCUT2D eigenvalue weighted by Crippen LogP contribution is -2.39. The molecule has 0 radical (unpaired) electrons. The average molecular weight is 495 g/mol. The molecule has 5 nitrogen and oxygen atoms in total. The Morgan fingerprint density at radius 1 is 1.19 bits per heavy atom. The molecule has 6 heteroatoms. The fourth-order valence-corrected chi connectivity index (χ4v) is 5.54. The number of carbonyl (C=O) groups is 1. The van der Waals surface area contributed by atoms with Crippen molar-refractivity contribution < 1.29 is 28.5 Å². The molecule has 1 aliphatic carbocycles. The lowest BCUT2D eigenvalue weighted by atomic mass is 9.69. The summed E-state index contributed by atoms with van der Waals surface area (Å²) < 4.78 is 30.3. The first-order valence-electron chi connectivity index (χ1n) is 12.7. The van der Waals surface area contributed by atoms with Crippen LogP contribution in [0, 0.1) is 17.7 Å². The Morgan fingerprint density at radius 3 is 2.72 bits per heavy atom. The van der Waals surface area contributed by atoms with Gasteiger partial charge in [-0.3, -0.25) is 4.79 Å². The zero-order valence-corrected chi connectivity index (χ0v) is 20.7. The number of hydrogen-bond acceptors (Lipinski definition) is 5. The van der Waals surface area contributed by atoms with Crippen LogP contribution in [0.1, 0.15) is 37.7 Å². The van der Waals surface area contributed by atoms with Gasteiger partial charge in [-0.1, -0.05) is 54.6 Å². The van der Waals surface area contributed by atoms with Gasteiger partial charge in [0, 0.05) is 17.8 Å². The predicted octanol–water partition coefficient (Wildman–Crippen LogP) is 5.38. The number of hydrogen-bond donors (Lipinski definition) is 1. The van der Waals surface area contributed by atoms with Crippen molar-refractivity contribution in [1.29, 1.82) is 0 Å². The standard InChI is InChI=1S/C30H35FO5/c1-34-29(33)12-8-3-2-7-11-27-26(18-17-24(32)20-35-25-9-5-4-6-10-25)28-19-30(27,21-36-28)22-13-15-23(31)16-14-22/h2,4-7,9-10,13-18,24,26-28,32H,3,8,11-12,19-21H2,1H3/b7-2-,18-17+/t24-,26-,27-,28-,30-/m1/s1. The second-order valence-corrected chi connectivity index (χ2v) is 9.65. The minimum absolute atomic E-state index is 0.0475. The van der Waals surface area contributed by atoms with Crippen molar-refractivity contribution in [1.82, 2.24) is 0 Å². The maximum atomic E-state index is 13.7.